The smallest absolute Gasteiger partial charge is 0.356 e. The van der Waals surface area contributed by atoms with Crippen LogP contribution < -0.4 is 0 Å². The molecule has 0 aromatic carbocycles. The van der Waals surface area contributed by atoms with Crippen LogP contribution in [0.1, 0.15) is 16.1 Å². The van der Waals surface area contributed by atoms with Crippen molar-refractivity contribution in [2.75, 3.05) is 0 Å². The standard InChI is InChI=1S/C7H5BrClNO2/c1-3-2-4(9)5(7(11)12)10-6(3)8/h2H,1H3,(H,11,12). The third-order valence-corrected chi connectivity index (χ3v) is 2.40. The van der Waals surface area contributed by atoms with Crippen molar-refractivity contribution in [3.63, 3.8) is 0 Å². The van der Waals surface area contributed by atoms with Gasteiger partial charge >= 0.3 is 5.97 Å². The van der Waals surface area contributed by atoms with Crippen molar-refractivity contribution in [1.29, 1.82) is 0 Å². The van der Waals surface area contributed by atoms with Crippen LogP contribution in [0.4, 0.5) is 0 Å². The van der Waals surface area contributed by atoms with E-state index in [0.717, 1.165) is 5.56 Å². The predicted octanol–water partition coefficient (Wildman–Crippen LogP) is 2.50. The van der Waals surface area contributed by atoms with Crippen molar-refractivity contribution in [3.05, 3.63) is 26.9 Å². The van der Waals surface area contributed by atoms with Crippen LogP contribution in [-0.2, 0) is 0 Å². The van der Waals surface area contributed by atoms with Crippen LogP contribution in [0.15, 0.2) is 10.7 Å². The molecule has 0 saturated heterocycles. The van der Waals surface area contributed by atoms with E-state index in [1.165, 1.54) is 0 Å². The Morgan fingerprint density at radius 2 is 2.33 bits per heavy atom. The van der Waals surface area contributed by atoms with E-state index >= 15 is 0 Å². The molecule has 0 spiro atoms. The summed E-state index contributed by atoms with van der Waals surface area (Å²) >= 11 is 8.75. The van der Waals surface area contributed by atoms with Crippen molar-refractivity contribution in [3.8, 4) is 0 Å². The monoisotopic (exact) mass is 249 g/mol. The molecule has 1 N–H and O–H groups in total. The van der Waals surface area contributed by atoms with E-state index in [1.54, 1.807) is 13.0 Å². The van der Waals surface area contributed by atoms with Gasteiger partial charge in [0.25, 0.3) is 0 Å². The summed E-state index contributed by atoms with van der Waals surface area (Å²) in [5.41, 5.74) is 0.680. The summed E-state index contributed by atoms with van der Waals surface area (Å²) in [6.07, 6.45) is 0. The van der Waals surface area contributed by atoms with Crippen molar-refractivity contribution in [2.45, 2.75) is 6.92 Å². The molecule has 1 aromatic heterocycles. The summed E-state index contributed by atoms with van der Waals surface area (Å²) in [5.74, 6) is -1.12. The molecule has 0 aliphatic rings. The highest BCUT2D eigenvalue weighted by Crippen LogP contribution is 2.21. The summed E-state index contributed by atoms with van der Waals surface area (Å²) in [6, 6.07) is 1.56. The lowest BCUT2D eigenvalue weighted by Crippen LogP contribution is -2.02. The fraction of sp³-hybridized carbons (Fsp3) is 0.143. The van der Waals surface area contributed by atoms with E-state index in [4.69, 9.17) is 16.7 Å². The Bertz CT molecular complexity index is 340. The molecule has 0 aliphatic carbocycles. The third-order valence-electron chi connectivity index (χ3n) is 1.31. The Morgan fingerprint density at radius 3 is 2.83 bits per heavy atom. The van der Waals surface area contributed by atoms with Crippen LogP contribution >= 0.6 is 27.5 Å². The quantitative estimate of drug-likeness (QED) is 0.779. The number of hydrogen-bond donors (Lipinski definition) is 1. The van der Waals surface area contributed by atoms with Crippen molar-refractivity contribution >= 4 is 33.5 Å². The fourth-order valence-corrected chi connectivity index (χ4v) is 1.29. The first-order valence-corrected chi connectivity index (χ1v) is 4.25. The summed E-state index contributed by atoms with van der Waals surface area (Å²) in [5, 5.41) is 8.77. The Hall–Kier alpha value is -0.610. The second-order valence-electron chi connectivity index (χ2n) is 2.23. The van der Waals surface area contributed by atoms with Crippen LogP contribution in [0.5, 0.6) is 0 Å². The van der Waals surface area contributed by atoms with Gasteiger partial charge < -0.3 is 5.11 Å². The van der Waals surface area contributed by atoms with E-state index in [9.17, 15) is 4.79 Å². The maximum atomic E-state index is 10.5. The minimum atomic E-state index is -1.12. The maximum Gasteiger partial charge on any atom is 0.356 e. The Morgan fingerprint density at radius 1 is 1.75 bits per heavy atom. The highest BCUT2D eigenvalue weighted by molar-refractivity contribution is 9.10. The lowest BCUT2D eigenvalue weighted by atomic mass is 10.3. The fourth-order valence-electron chi connectivity index (χ4n) is 0.708. The van der Waals surface area contributed by atoms with Crippen molar-refractivity contribution in [1.82, 2.24) is 4.98 Å². The van der Waals surface area contributed by atoms with Gasteiger partial charge in [-0.15, -0.1) is 0 Å². The largest absolute Gasteiger partial charge is 0.476 e. The van der Waals surface area contributed by atoms with E-state index in [1.807, 2.05) is 0 Å². The topological polar surface area (TPSA) is 50.2 Å². The normalized spacial score (nSPS) is 9.92. The molecular weight excluding hydrogens is 245 g/mol. The van der Waals surface area contributed by atoms with E-state index in [-0.39, 0.29) is 10.7 Å². The minimum absolute atomic E-state index is 0.130. The first-order chi connectivity index (χ1) is 5.52. The molecule has 0 aliphatic heterocycles. The second-order valence-corrected chi connectivity index (χ2v) is 3.39. The van der Waals surface area contributed by atoms with Crippen LogP contribution in [0.25, 0.3) is 0 Å². The molecule has 5 heteroatoms. The molecule has 0 saturated carbocycles. The Balaban J connectivity index is 3.33. The summed E-state index contributed by atoms with van der Waals surface area (Å²) < 4.78 is 0.504. The number of aromatic nitrogens is 1. The van der Waals surface area contributed by atoms with Crippen molar-refractivity contribution in [2.24, 2.45) is 0 Å². The molecule has 0 fully saturated rings. The van der Waals surface area contributed by atoms with Gasteiger partial charge in [0.05, 0.1) is 5.02 Å². The third kappa shape index (κ3) is 1.76. The van der Waals surface area contributed by atoms with Gasteiger partial charge in [0.1, 0.15) is 4.60 Å². The highest BCUT2D eigenvalue weighted by atomic mass is 79.9. The predicted molar refractivity (Wildman–Crippen MR) is 48.6 cm³/mol. The molecule has 0 atom stereocenters. The first-order valence-electron chi connectivity index (χ1n) is 3.08. The average molecular weight is 250 g/mol. The average Bonchev–Trinajstić information content (AvgIpc) is 1.96. The minimum Gasteiger partial charge on any atom is -0.476 e. The number of carbonyl (C=O) groups is 1. The molecule has 3 nitrogen and oxygen atoms in total. The number of aromatic carboxylic acids is 1. The van der Waals surface area contributed by atoms with Gasteiger partial charge in [-0.2, -0.15) is 0 Å². The summed E-state index contributed by atoms with van der Waals surface area (Å²) in [6.45, 7) is 1.79. The van der Waals surface area contributed by atoms with Crippen LogP contribution in [0.2, 0.25) is 5.02 Å². The zero-order valence-corrected chi connectivity index (χ0v) is 8.48. The van der Waals surface area contributed by atoms with Crippen LogP contribution in [-0.4, -0.2) is 16.1 Å². The second kappa shape index (κ2) is 3.41. The van der Waals surface area contributed by atoms with Gasteiger partial charge in [0, 0.05) is 0 Å². The summed E-state index contributed by atoms with van der Waals surface area (Å²) in [7, 11) is 0. The van der Waals surface area contributed by atoms with E-state index in [0.29, 0.717) is 4.60 Å². The van der Waals surface area contributed by atoms with Gasteiger partial charge in [-0.05, 0) is 34.5 Å². The van der Waals surface area contributed by atoms with Gasteiger partial charge in [0.2, 0.25) is 0 Å². The molecule has 1 rings (SSSR count). The number of carboxylic acid groups (broad SMARTS) is 1. The van der Waals surface area contributed by atoms with Crippen LogP contribution in [0, 0.1) is 6.92 Å². The van der Waals surface area contributed by atoms with Crippen molar-refractivity contribution < 1.29 is 9.90 Å². The number of aryl methyl sites for hydroxylation is 1. The number of carboxylic acids is 1. The van der Waals surface area contributed by atoms with Gasteiger partial charge in [-0.25, -0.2) is 9.78 Å². The Kier molecular flexibility index (Phi) is 2.69. The van der Waals surface area contributed by atoms with Crippen LogP contribution in [0.3, 0.4) is 0 Å². The van der Waals surface area contributed by atoms with E-state index in [2.05, 4.69) is 20.9 Å². The zero-order valence-electron chi connectivity index (χ0n) is 6.14. The lowest BCUT2D eigenvalue weighted by molar-refractivity contribution is 0.0690. The molecule has 1 heterocycles. The first kappa shape index (κ1) is 9.48. The number of hydrogen-bond acceptors (Lipinski definition) is 2. The van der Waals surface area contributed by atoms with Gasteiger partial charge in [-0.1, -0.05) is 11.6 Å². The molecule has 0 radical (unpaired) electrons. The number of halogens is 2. The molecular formula is C7H5BrClNO2. The van der Waals surface area contributed by atoms with Gasteiger partial charge in [0.15, 0.2) is 5.69 Å². The Labute approximate surface area is 82.5 Å². The molecule has 0 unspecified atom stereocenters. The maximum absolute atomic E-state index is 10.5. The number of rotatable bonds is 1. The lowest BCUT2D eigenvalue weighted by Gasteiger charge is -2.01. The van der Waals surface area contributed by atoms with E-state index < -0.39 is 5.97 Å². The SMILES string of the molecule is Cc1cc(Cl)c(C(=O)O)nc1Br. The van der Waals surface area contributed by atoms with Gasteiger partial charge in [-0.3, -0.25) is 0 Å². The molecule has 0 amide bonds. The number of nitrogens with zero attached hydrogens (tertiary/aromatic N) is 1. The zero-order chi connectivity index (χ0) is 9.30. The summed E-state index contributed by atoms with van der Waals surface area (Å²) in [4.78, 5) is 14.3. The molecule has 12 heavy (non-hydrogen) atoms. The molecule has 1 aromatic rings. The molecule has 64 valence electrons. The number of pyridine rings is 1. The highest BCUT2D eigenvalue weighted by Gasteiger charge is 2.12. The molecule has 0 bridgehead atoms.